The number of thiophene rings is 1. The van der Waals surface area contributed by atoms with Gasteiger partial charge in [0.2, 0.25) is 0 Å². The highest BCUT2D eigenvalue weighted by atomic mass is 79.9. The molecule has 3 heteroatoms. The first-order chi connectivity index (χ1) is 8.16. The molecule has 2 N–H and O–H groups in total. The van der Waals surface area contributed by atoms with Crippen LogP contribution in [0.4, 0.5) is 0 Å². The number of hydrogen-bond donors (Lipinski definition) is 1. The van der Waals surface area contributed by atoms with Crippen molar-refractivity contribution >= 4 is 27.3 Å². The van der Waals surface area contributed by atoms with Crippen molar-refractivity contribution in [1.29, 1.82) is 0 Å². The first-order valence-electron chi connectivity index (χ1n) is 5.70. The van der Waals surface area contributed by atoms with Gasteiger partial charge in [-0.25, -0.2) is 0 Å². The van der Waals surface area contributed by atoms with E-state index in [1.165, 1.54) is 10.4 Å². The second-order valence-electron chi connectivity index (χ2n) is 4.30. The van der Waals surface area contributed by atoms with Gasteiger partial charge in [-0.3, -0.25) is 0 Å². The maximum atomic E-state index is 6.28. The molecule has 0 amide bonds. The van der Waals surface area contributed by atoms with Gasteiger partial charge in [0, 0.05) is 20.8 Å². The standard InChI is InChI=1S/C14H16BrNS/c1-10(11-5-3-2-4-6-11)14(16)8-13-7-12(15)9-17-13/h2-7,9-10,14H,8,16H2,1H3. The third-order valence-electron chi connectivity index (χ3n) is 3.03. The van der Waals surface area contributed by atoms with Crippen LogP contribution in [-0.2, 0) is 6.42 Å². The summed E-state index contributed by atoms with van der Waals surface area (Å²) >= 11 is 5.24. The van der Waals surface area contributed by atoms with Gasteiger partial charge in [0.05, 0.1) is 0 Å². The number of rotatable bonds is 4. The molecule has 1 heterocycles. The van der Waals surface area contributed by atoms with Gasteiger partial charge in [-0.05, 0) is 39.9 Å². The first kappa shape index (κ1) is 12.8. The molecule has 2 unspecified atom stereocenters. The monoisotopic (exact) mass is 309 g/mol. The highest BCUT2D eigenvalue weighted by Gasteiger charge is 2.15. The average molecular weight is 310 g/mol. The molecule has 0 aliphatic carbocycles. The van der Waals surface area contributed by atoms with Crippen LogP contribution < -0.4 is 5.73 Å². The summed E-state index contributed by atoms with van der Waals surface area (Å²) < 4.78 is 1.15. The fourth-order valence-corrected chi connectivity index (χ4v) is 3.40. The van der Waals surface area contributed by atoms with Crippen molar-refractivity contribution in [3.63, 3.8) is 0 Å². The highest BCUT2D eigenvalue weighted by molar-refractivity contribution is 9.10. The van der Waals surface area contributed by atoms with E-state index in [4.69, 9.17) is 5.73 Å². The van der Waals surface area contributed by atoms with Gasteiger partial charge >= 0.3 is 0 Å². The lowest BCUT2D eigenvalue weighted by Crippen LogP contribution is -2.28. The Morgan fingerprint density at radius 2 is 2.00 bits per heavy atom. The van der Waals surface area contributed by atoms with Crippen LogP contribution in [0.5, 0.6) is 0 Å². The molecule has 17 heavy (non-hydrogen) atoms. The first-order valence-corrected chi connectivity index (χ1v) is 7.37. The van der Waals surface area contributed by atoms with E-state index in [-0.39, 0.29) is 6.04 Å². The number of nitrogens with two attached hydrogens (primary N) is 1. The van der Waals surface area contributed by atoms with Crippen molar-refractivity contribution in [3.8, 4) is 0 Å². The van der Waals surface area contributed by atoms with E-state index in [9.17, 15) is 0 Å². The fourth-order valence-electron chi connectivity index (χ4n) is 1.87. The Kier molecular flexibility index (Phi) is 4.37. The minimum absolute atomic E-state index is 0.169. The summed E-state index contributed by atoms with van der Waals surface area (Å²) in [6, 6.07) is 12.8. The Balaban J connectivity index is 2.03. The normalized spacial score (nSPS) is 14.5. The van der Waals surface area contributed by atoms with E-state index in [0.29, 0.717) is 5.92 Å². The summed E-state index contributed by atoms with van der Waals surface area (Å²) in [5, 5.41) is 2.11. The lowest BCUT2D eigenvalue weighted by molar-refractivity contribution is 0.567. The lowest BCUT2D eigenvalue weighted by Gasteiger charge is -2.19. The molecule has 0 saturated heterocycles. The zero-order valence-electron chi connectivity index (χ0n) is 9.77. The Labute approximate surface area is 115 Å². The molecule has 0 saturated carbocycles. The summed E-state index contributed by atoms with van der Waals surface area (Å²) in [6.45, 7) is 2.20. The van der Waals surface area contributed by atoms with Crippen molar-refractivity contribution in [2.45, 2.75) is 25.3 Å². The van der Waals surface area contributed by atoms with Crippen molar-refractivity contribution in [1.82, 2.24) is 0 Å². The zero-order valence-corrected chi connectivity index (χ0v) is 12.2. The minimum Gasteiger partial charge on any atom is -0.327 e. The van der Waals surface area contributed by atoms with Crippen LogP contribution in [0.2, 0.25) is 0 Å². The van der Waals surface area contributed by atoms with Gasteiger partial charge in [-0.2, -0.15) is 0 Å². The second-order valence-corrected chi connectivity index (χ2v) is 6.21. The third kappa shape index (κ3) is 3.41. The van der Waals surface area contributed by atoms with Crippen molar-refractivity contribution < 1.29 is 0 Å². The molecule has 0 aliphatic rings. The quantitative estimate of drug-likeness (QED) is 0.900. The Hall–Kier alpha value is -0.640. The highest BCUT2D eigenvalue weighted by Crippen LogP contribution is 2.25. The average Bonchev–Trinajstić information content (AvgIpc) is 2.75. The maximum absolute atomic E-state index is 6.28. The van der Waals surface area contributed by atoms with Gasteiger partial charge in [-0.15, -0.1) is 11.3 Å². The van der Waals surface area contributed by atoms with Gasteiger partial charge in [-0.1, -0.05) is 37.3 Å². The zero-order chi connectivity index (χ0) is 12.3. The molecule has 1 aromatic carbocycles. The predicted octanol–water partition coefficient (Wildman–Crippen LogP) is 4.18. The fraction of sp³-hybridized carbons (Fsp3) is 0.286. The van der Waals surface area contributed by atoms with Gasteiger partial charge in [0.15, 0.2) is 0 Å². The Morgan fingerprint density at radius 3 is 2.59 bits per heavy atom. The Morgan fingerprint density at radius 1 is 1.29 bits per heavy atom. The molecule has 0 bridgehead atoms. The van der Waals surface area contributed by atoms with E-state index >= 15 is 0 Å². The van der Waals surface area contributed by atoms with E-state index in [1.54, 1.807) is 11.3 Å². The predicted molar refractivity (Wildman–Crippen MR) is 78.6 cm³/mol. The molecular weight excluding hydrogens is 294 g/mol. The van der Waals surface area contributed by atoms with Crippen LogP contribution in [-0.4, -0.2) is 6.04 Å². The smallest absolute Gasteiger partial charge is 0.0285 e. The molecule has 0 radical (unpaired) electrons. The van der Waals surface area contributed by atoms with Gasteiger partial charge < -0.3 is 5.73 Å². The summed E-state index contributed by atoms with van der Waals surface area (Å²) in [7, 11) is 0. The van der Waals surface area contributed by atoms with Crippen molar-refractivity contribution in [2.24, 2.45) is 5.73 Å². The SMILES string of the molecule is CC(c1ccccc1)C(N)Cc1cc(Br)cs1. The molecule has 2 rings (SSSR count). The summed E-state index contributed by atoms with van der Waals surface area (Å²) in [6.07, 6.45) is 0.937. The molecule has 0 fully saturated rings. The third-order valence-corrected chi connectivity index (χ3v) is 4.75. The summed E-state index contributed by atoms with van der Waals surface area (Å²) in [5.74, 6) is 0.386. The maximum Gasteiger partial charge on any atom is 0.0285 e. The number of benzene rings is 1. The summed E-state index contributed by atoms with van der Waals surface area (Å²) in [4.78, 5) is 1.34. The van der Waals surface area contributed by atoms with Crippen LogP contribution in [0.3, 0.4) is 0 Å². The van der Waals surface area contributed by atoms with E-state index < -0.39 is 0 Å². The molecule has 90 valence electrons. The summed E-state index contributed by atoms with van der Waals surface area (Å²) in [5.41, 5.74) is 7.60. The van der Waals surface area contributed by atoms with Crippen molar-refractivity contribution in [3.05, 3.63) is 56.7 Å². The van der Waals surface area contributed by atoms with Crippen molar-refractivity contribution in [2.75, 3.05) is 0 Å². The topological polar surface area (TPSA) is 26.0 Å². The molecule has 1 aromatic heterocycles. The van der Waals surface area contributed by atoms with E-state index in [0.717, 1.165) is 10.9 Å². The van der Waals surface area contributed by atoms with Crippen LogP contribution in [0, 0.1) is 0 Å². The van der Waals surface area contributed by atoms with Gasteiger partial charge in [0.25, 0.3) is 0 Å². The van der Waals surface area contributed by atoms with Crippen LogP contribution in [0.15, 0.2) is 46.3 Å². The second kappa shape index (κ2) is 5.80. The van der Waals surface area contributed by atoms with Gasteiger partial charge in [0.1, 0.15) is 0 Å². The minimum atomic E-state index is 0.169. The number of hydrogen-bond acceptors (Lipinski definition) is 2. The van der Waals surface area contributed by atoms with Crippen LogP contribution in [0.1, 0.15) is 23.3 Å². The lowest BCUT2D eigenvalue weighted by atomic mass is 9.92. The molecule has 0 spiro atoms. The molecule has 1 nitrogen and oxygen atoms in total. The Bertz CT molecular complexity index is 466. The molecule has 2 aromatic rings. The number of halogens is 1. The van der Waals surface area contributed by atoms with E-state index in [2.05, 4.69) is 58.6 Å². The molecule has 2 atom stereocenters. The van der Waals surface area contributed by atoms with Crippen LogP contribution >= 0.6 is 27.3 Å². The molecular formula is C14H16BrNS. The van der Waals surface area contributed by atoms with E-state index in [1.807, 2.05) is 6.07 Å². The molecule has 0 aliphatic heterocycles. The van der Waals surface area contributed by atoms with Crippen LogP contribution in [0.25, 0.3) is 0 Å². The largest absolute Gasteiger partial charge is 0.327 e.